The van der Waals surface area contributed by atoms with Crippen molar-refractivity contribution in [3.05, 3.63) is 0 Å². The number of azo groups is 1. The second kappa shape index (κ2) is 5.58. The summed E-state index contributed by atoms with van der Waals surface area (Å²) in [4.78, 5) is 10.6. The molecule has 5 nitrogen and oxygen atoms in total. The lowest BCUT2D eigenvalue weighted by molar-refractivity contribution is -0.111. The lowest BCUT2D eigenvalue weighted by Crippen LogP contribution is -2.22. The first-order valence-corrected chi connectivity index (χ1v) is 5.07. The monoisotopic (exact) mass is 240 g/mol. The number of hydrogen-bond acceptors (Lipinski definition) is 5. The van der Waals surface area contributed by atoms with Crippen molar-refractivity contribution in [2.75, 3.05) is 0 Å². The molecule has 86 valence electrons. The van der Waals surface area contributed by atoms with Gasteiger partial charge >= 0.3 is 0 Å². The Morgan fingerprint density at radius 1 is 1.25 bits per heavy atom. The average Bonchev–Trinajstić information content (AvgIpc) is 2.24. The smallest absolute Gasteiger partial charge is 0.221 e. The number of carbonyl (C=O) groups is 1. The van der Waals surface area contributed by atoms with Crippen LogP contribution in [0.1, 0.15) is 33.6 Å². The second-order valence-electron chi connectivity index (χ2n) is 4.11. The van der Waals surface area contributed by atoms with Crippen LogP contribution in [0.5, 0.6) is 0 Å². The van der Waals surface area contributed by atoms with Gasteiger partial charge in [-0.15, -0.1) is 0 Å². The van der Waals surface area contributed by atoms with Crippen molar-refractivity contribution in [1.82, 2.24) is 0 Å². The minimum absolute atomic E-state index is 0.0532. The van der Waals surface area contributed by atoms with E-state index in [0.29, 0.717) is 0 Å². The molecule has 0 N–H and O–H groups in total. The van der Waals surface area contributed by atoms with Gasteiger partial charge in [-0.1, -0.05) is 0 Å². The molecule has 0 aliphatic carbocycles. The van der Waals surface area contributed by atoms with Gasteiger partial charge in [0.25, 0.3) is 0 Å². The fourth-order valence-corrected chi connectivity index (χ4v) is 0.822. The third kappa shape index (κ3) is 5.43. The van der Waals surface area contributed by atoms with E-state index in [9.17, 15) is 4.79 Å². The molecule has 0 amide bonds. The van der Waals surface area contributed by atoms with Crippen LogP contribution >= 0.6 is 11.6 Å². The summed E-state index contributed by atoms with van der Waals surface area (Å²) >= 11 is 5.19. The molecule has 0 aromatic carbocycles. The largest absolute Gasteiger partial charge is 0.281 e. The van der Waals surface area contributed by atoms with Gasteiger partial charge in [-0.05, 0) is 38.8 Å². The van der Waals surface area contributed by atoms with Gasteiger partial charge in [0.15, 0.2) is 11.1 Å². The quantitative estimate of drug-likeness (QED) is 0.546. The molecule has 0 saturated carbocycles. The molecular formula is C10H13ClN4O. The van der Waals surface area contributed by atoms with E-state index in [1.165, 1.54) is 0 Å². The highest BCUT2D eigenvalue weighted by Gasteiger charge is 2.26. The van der Waals surface area contributed by atoms with Crippen molar-refractivity contribution in [3.8, 4) is 12.1 Å². The first-order chi connectivity index (χ1) is 7.24. The van der Waals surface area contributed by atoms with Gasteiger partial charge in [0.2, 0.25) is 5.24 Å². The molecule has 0 radical (unpaired) electrons. The van der Waals surface area contributed by atoms with E-state index >= 15 is 0 Å². The summed E-state index contributed by atoms with van der Waals surface area (Å²) in [6, 6.07) is 3.89. The summed E-state index contributed by atoms with van der Waals surface area (Å²) in [7, 11) is 0. The van der Waals surface area contributed by atoms with E-state index in [1.807, 2.05) is 12.1 Å². The predicted octanol–water partition coefficient (Wildman–Crippen LogP) is 2.57. The van der Waals surface area contributed by atoms with Crippen LogP contribution in [0.4, 0.5) is 0 Å². The van der Waals surface area contributed by atoms with Crippen LogP contribution in [0.2, 0.25) is 0 Å². The van der Waals surface area contributed by atoms with Crippen LogP contribution in [0.3, 0.4) is 0 Å². The third-order valence-electron chi connectivity index (χ3n) is 1.84. The molecule has 16 heavy (non-hydrogen) atoms. The van der Waals surface area contributed by atoms with E-state index in [4.69, 9.17) is 22.1 Å². The Morgan fingerprint density at radius 2 is 1.81 bits per heavy atom. The van der Waals surface area contributed by atoms with Crippen molar-refractivity contribution in [1.29, 1.82) is 10.5 Å². The topological polar surface area (TPSA) is 89.4 Å². The molecule has 0 bridgehead atoms. The predicted molar refractivity (Wildman–Crippen MR) is 58.7 cm³/mol. The summed E-state index contributed by atoms with van der Waals surface area (Å²) in [6.45, 7) is 4.71. The fraction of sp³-hybridized carbons (Fsp3) is 0.700. The van der Waals surface area contributed by atoms with E-state index in [2.05, 4.69) is 10.2 Å². The number of halogens is 1. The zero-order valence-corrected chi connectivity index (χ0v) is 10.2. The molecule has 0 fully saturated rings. The van der Waals surface area contributed by atoms with Crippen molar-refractivity contribution < 1.29 is 4.79 Å². The molecule has 0 heterocycles. The van der Waals surface area contributed by atoms with E-state index < -0.39 is 16.3 Å². The highest BCUT2D eigenvalue weighted by atomic mass is 35.5. The number of rotatable bonds is 5. The maximum absolute atomic E-state index is 10.6. The zero-order valence-electron chi connectivity index (χ0n) is 9.49. The molecular weight excluding hydrogens is 228 g/mol. The minimum Gasteiger partial charge on any atom is -0.281 e. The van der Waals surface area contributed by atoms with Gasteiger partial charge in [-0.25, -0.2) is 0 Å². The van der Waals surface area contributed by atoms with Crippen LogP contribution < -0.4 is 0 Å². The van der Waals surface area contributed by atoms with Gasteiger partial charge in [0.05, 0.1) is 12.1 Å². The summed E-state index contributed by atoms with van der Waals surface area (Å²) in [6.07, 6.45) is 0.245. The van der Waals surface area contributed by atoms with Gasteiger partial charge in [0, 0.05) is 6.42 Å². The number of nitrogens with zero attached hydrogens (tertiary/aromatic N) is 4. The second-order valence-corrected chi connectivity index (χ2v) is 4.53. The van der Waals surface area contributed by atoms with Crippen molar-refractivity contribution in [2.45, 2.75) is 44.7 Å². The van der Waals surface area contributed by atoms with Gasteiger partial charge < -0.3 is 0 Å². The Bertz CT molecular complexity index is 377. The Morgan fingerprint density at radius 3 is 2.19 bits per heavy atom. The zero-order chi connectivity index (χ0) is 12.8. The third-order valence-corrected chi connectivity index (χ3v) is 2.03. The highest BCUT2D eigenvalue weighted by molar-refractivity contribution is 6.63. The van der Waals surface area contributed by atoms with Crippen molar-refractivity contribution in [3.63, 3.8) is 0 Å². The van der Waals surface area contributed by atoms with E-state index in [-0.39, 0.29) is 12.8 Å². The molecule has 1 atom stereocenters. The van der Waals surface area contributed by atoms with Crippen LogP contribution in [0.15, 0.2) is 10.2 Å². The number of nitriles is 2. The summed E-state index contributed by atoms with van der Waals surface area (Å²) in [5, 5.41) is 24.7. The van der Waals surface area contributed by atoms with Crippen molar-refractivity contribution >= 4 is 16.8 Å². The maximum Gasteiger partial charge on any atom is 0.221 e. The van der Waals surface area contributed by atoms with Crippen LogP contribution in [0, 0.1) is 22.7 Å². The van der Waals surface area contributed by atoms with Crippen LogP contribution in [0.25, 0.3) is 0 Å². The Hall–Kier alpha value is -1.46. The Labute approximate surface area is 99.7 Å². The number of carbonyl (C=O) groups excluding carboxylic acids is 1. The summed E-state index contributed by atoms with van der Waals surface area (Å²) in [5.74, 6) is 0. The van der Waals surface area contributed by atoms with Crippen molar-refractivity contribution in [2.24, 2.45) is 10.2 Å². The minimum atomic E-state index is -1.11. The number of hydrogen-bond donors (Lipinski definition) is 0. The summed E-state index contributed by atoms with van der Waals surface area (Å²) < 4.78 is 0. The van der Waals surface area contributed by atoms with Gasteiger partial charge in [0.1, 0.15) is 0 Å². The van der Waals surface area contributed by atoms with Gasteiger partial charge in [-0.2, -0.15) is 20.8 Å². The molecule has 6 heteroatoms. The Kier molecular flexibility index (Phi) is 5.07. The molecule has 1 unspecified atom stereocenters. The summed E-state index contributed by atoms with van der Waals surface area (Å²) in [5.41, 5.74) is -2.08. The normalized spacial score (nSPS) is 15.1. The molecule has 0 saturated heterocycles. The van der Waals surface area contributed by atoms with Crippen LogP contribution in [-0.4, -0.2) is 16.3 Å². The molecule has 0 spiro atoms. The Balaban J connectivity index is 4.69. The van der Waals surface area contributed by atoms with E-state index in [1.54, 1.807) is 20.8 Å². The highest BCUT2D eigenvalue weighted by Crippen LogP contribution is 2.20. The first kappa shape index (κ1) is 14.5. The van der Waals surface area contributed by atoms with Gasteiger partial charge in [-0.3, -0.25) is 4.79 Å². The molecule has 0 rings (SSSR count). The standard InChI is InChI=1S/C10H13ClN4O/c1-9(2,6-12)14-15-10(3,7-13)5-4-8(11)16/h4-5H2,1-3H3/b15-14+. The first-order valence-electron chi connectivity index (χ1n) is 4.69. The molecule has 0 aromatic rings. The van der Waals surface area contributed by atoms with E-state index in [0.717, 1.165) is 0 Å². The molecule has 0 aromatic heterocycles. The SMILES string of the molecule is CC(C)(C#N)/N=N/C(C)(C#N)CCC(=O)Cl. The molecule has 0 aliphatic heterocycles. The maximum atomic E-state index is 10.6. The average molecular weight is 241 g/mol. The van der Waals surface area contributed by atoms with Crippen LogP contribution in [-0.2, 0) is 4.79 Å². The fourth-order valence-electron chi connectivity index (χ4n) is 0.728. The molecule has 0 aliphatic rings. The lowest BCUT2D eigenvalue weighted by Gasteiger charge is -2.15. The lowest BCUT2D eigenvalue weighted by atomic mass is 9.99.